The van der Waals surface area contributed by atoms with Gasteiger partial charge in [-0.15, -0.1) is 0 Å². The Bertz CT molecular complexity index is 523. The van der Waals surface area contributed by atoms with Crippen LogP contribution in [0.5, 0.6) is 5.75 Å². The fourth-order valence-corrected chi connectivity index (χ4v) is 1.77. The standard InChI is InChI=1S/C16H18FNO/c1-12(2)18-15-6-8-16(9-7-15)19-11-13-4-3-5-14(17)10-13/h3-10,12,18H,11H2,1-2H3. The zero-order valence-electron chi connectivity index (χ0n) is 11.2. The van der Waals surface area contributed by atoms with Gasteiger partial charge < -0.3 is 10.1 Å². The largest absolute Gasteiger partial charge is 0.489 e. The van der Waals surface area contributed by atoms with Gasteiger partial charge >= 0.3 is 0 Å². The van der Waals surface area contributed by atoms with Crippen molar-refractivity contribution in [2.75, 3.05) is 5.32 Å². The van der Waals surface area contributed by atoms with E-state index in [0.717, 1.165) is 17.0 Å². The van der Waals surface area contributed by atoms with Crippen molar-refractivity contribution >= 4 is 5.69 Å². The van der Waals surface area contributed by atoms with Crippen LogP contribution < -0.4 is 10.1 Å². The topological polar surface area (TPSA) is 21.3 Å². The average Bonchev–Trinajstić information content (AvgIpc) is 2.37. The predicted octanol–water partition coefficient (Wildman–Crippen LogP) is 4.23. The first-order valence-electron chi connectivity index (χ1n) is 6.37. The number of nitrogens with one attached hydrogen (secondary N) is 1. The number of ether oxygens (including phenoxy) is 1. The van der Waals surface area contributed by atoms with Gasteiger partial charge in [-0.05, 0) is 55.8 Å². The Labute approximate surface area is 113 Å². The first-order chi connectivity index (χ1) is 9.13. The van der Waals surface area contributed by atoms with Gasteiger partial charge in [0.1, 0.15) is 18.2 Å². The maximum absolute atomic E-state index is 13.0. The van der Waals surface area contributed by atoms with E-state index < -0.39 is 0 Å². The highest BCUT2D eigenvalue weighted by atomic mass is 19.1. The normalized spacial score (nSPS) is 10.5. The lowest BCUT2D eigenvalue weighted by Gasteiger charge is -2.11. The highest BCUT2D eigenvalue weighted by Gasteiger charge is 1.99. The third kappa shape index (κ3) is 4.28. The summed E-state index contributed by atoms with van der Waals surface area (Å²) in [5.74, 6) is 0.538. The van der Waals surface area contributed by atoms with Crippen molar-refractivity contribution in [3.05, 3.63) is 59.9 Å². The Morgan fingerprint density at radius 1 is 1.11 bits per heavy atom. The van der Waals surface area contributed by atoms with Crippen LogP contribution in [0.15, 0.2) is 48.5 Å². The molecule has 0 bridgehead atoms. The Morgan fingerprint density at radius 2 is 1.84 bits per heavy atom. The van der Waals surface area contributed by atoms with Gasteiger partial charge in [0.15, 0.2) is 0 Å². The van der Waals surface area contributed by atoms with Crippen LogP contribution in [0.25, 0.3) is 0 Å². The highest BCUT2D eigenvalue weighted by Crippen LogP contribution is 2.17. The van der Waals surface area contributed by atoms with E-state index in [1.807, 2.05) is 30.3 Å². The van der Waals surface area contributed by atoms with Crippen molar-refractivity contribution in [2.24, 2.45) is 0 Å². The molecule has 0 aliphatic carbocycles. The van der Waals surface area contributed by atoms with Crippen molar-refractivity contribution in [2.45, 2.75) is 26.5 Å². The van der Waals surface area contributed by atoms with Crippen LogP contribution in [0, 0.1) is 5.82 Å². The molecule has 100 valence electrons. The second-order valence-corrected chi connectivity index (χ2v) is 4.74. The molecule has 0 radical (unpaired) electrons. The molecule has 2 nitrogen and oxygen atoms in total. The first-order valence-corrected chi connectivity index (χ1v) is 6.37. The lowest BCUT2D eigenvalue weighted by atomic mass is 10.2. The maximum atomic E-state index is 13.0. The summed E-state index contributed by atoms with van der Waals surface area (Å²) in [6.07, 6.45) is 0. The van der Waals surface area contributed by atoms with Crippen molar-refractivity contribution < 1.29 is 9.13 Å². The van der Waals surface area contributed by atoms with E-state index in [1.54, 1.807) is 6.07 Å². The van der Waals surface area contributed by atoms with Crippen LogP contribution in [0.1, 0.15) is 19.4 Å². The van der Waals surface area contributed by atoms with Crippen molar-refractivity contribution in [3.63, 3.8) is 0 Å². The summed E-state index contributed by atoms with van der Waals surface area (Å²) in [7, 11) is 0. The lowest BCUT2D eigenvalue weighted by Crippen LogP contribution is -2.09. The fraction of sp³-hybridized carbons (Fsp3) is 0.250. The quantitative estimate of drug-likeness (QED) is 0.867. The highest BCUT2D eigenvalue weighted by molar-refractivity contribution is 5.46. The van der Waals surface area contributed by atoms with Crippen molar-refractivity contribution in [1.82, 2.24) is 0 Å². The molecule has 0 heterocycles. The van der Waals surface area contributed by atoms with Gasteiger partial charge in [-0.1, -0.05) is 12.1 Å². The summed E-state index contributed by atoms with van der Waals surface area (Å²) >= 11 is 0. The third-order valence-electron chi connectivity index (χ3n) is 2.60. The van der Waals surface area contributed by atoms with Crippen LogP contribution >= 0.6 is 0 Å². The lowest BCUT2D eigenvalue weighted by molar-refractivity contribution is 0.305. The minimum absolute atomic E-state index is 0.238. The number of rotatable bonds is 5. The second-order valence-electron chi connectivity index (χ2n) is 4.74. The predicted molar refractivity (Wildman–Crippen MR) is 75.9 cm³/mol. The Kier molecular flexibility index (Phi) is 4.39. The molecule has 2 rings (SSSR count). The van der Waals surface area contributed by atoms with Gasteiger partial charge in [-0.2, -0.15) is 0 Å². The van der Waals surface area contributed by atoms with E-state index in [1.165, 1.54) is 12.1 Å². The SMILES string of the molecule is CC(C)Nc1ccc(OCc2cccc(F)c2)cc1. The van der Waals surface area contributed by atoms with E-state index in [-0.39, 0.29) is 5.82 Å². The van der Waals surface area contributed by atoms with Crippen molar-refractivity contribution in [1.29, 1.82) is 0 Å². The number of halogens is 1. The molecule has 0 aromatic heterocycles. The van der Waals surface area contributed by atoms with E-state index in [4.69, 9.17) is 4.74 Å². The second kappa shape index (κ2) is 6.23. The molecular weight excluding hydrogens is 241 g/mol. The number of hydrogen-bond acceptors (Lipinski definition) is 2. The van der Waals surface area contributed by atoms with E-state index in [0.29, 0.717) is 12.6 Å². The average molecular weight is 259 g/mol. The Morgan fingerprint density at radius 3 is 2.47 bits per heavy atom. The van der Waals surface area contributed by atoms with Crippen LogP contribution in [-0.4, -0.2) is 6.04 Å². The maximum Gasteiger partial charge on any atom is 0.123 e. The molecule has 0 amide bonds. The fourth-order valence-electron chi connectivity index (χ4n) is 1.77. The van der Waals surface area contributed by atoms with Gasteiger partial charge in [0.2, 0.25) is 0 Å². The molecule has 0 aliphatic heterocycles. The molecule has 0 unspecified atom stereocenters. The van der Waals surface area contributed by atoms with Gasteiger partial charge in [-0.3, -0.25) is 0 Å². The molecule has 3 heteroatoms. The zero-order valence-corrected chi connectivity index (χ0v) is 11.2. The van der Waals surface area contributed by atoms with Crippen LogP contribution in [0.2, 0.25) is 0 Å². The molecule has 2 aromatic rings. The molecule has 0 saturated carbocycles. The first kappa shape index (κ1) is 13.4. The van der Waals surface area contributed by atoms with Crippen LogP contribution in [0.4, 0.5) is 10.1 Å². The minimum atomic E-state index is -0.238. The number of hydrogen-bond donors (Lipinski definition) is 1. The molecule has 0 aliphatic rings. The molecule has 0 fully saturated rings. The van der Waals surface area contributed by atoms with Crippen molar-refractivity contribution in [3.8, 4) is 5.75 Å². The van der Waals surface area contributed by atoms with E-state index >= 15 is 0 Å². The Balaban J connectivity index is 1.93. The van der Waals surface area contributed by atoms with E-state index in [9.17, 15) is 4.39 Å². The summed E-state index contributed by atoms with van der Waals surface area (Å²) < 4.78 is 18.6. The minimum Gasteiger partial charge on any atom is -0.489 e. The molecule has 0 atom stereocenters. The summed E-state index contributed by atoms with van der Waals surface area (Å²) in [5.41, 5.74) is 1.89. The third-order valence-corrected chi connectivity index (χ3v) is 2.60. The summed E-state index contributed by atoms with van der Waals surface area (Å²) in [6, 6.07) is 14.6. The summed E-state index contributed by atoms with van der Waals surface area (Å²) in [6.45, 7) is 4.55. The molecule has 1 N–H and O–H groups in total. The van der Waals surface area contributed by atoms with Gasteiger partial charge in [0.05, 0.1) is 0 Å². The molecule has 2 aromatic carbocycles. The van der Waals surface area contributed by atoms with Crippen LogP contribution in [-0.2, 0) is 6.61 Å². The zero-order chi connectivity index (χ0) is 13.7. The molecule has 19 heavy (non-hydrogen) atoms. The molecule has 0 saturated heterocycles. The van der Waals surface area contributed by atoms with Gasteiger partial charge in [0, 0.05) is 11.7 Å². The summed E-state index contributed by atoms with van der Waals surface area (Å²) in [4.78, 5) is 0. The van der Waals surface area contributed by atoms with Gasteiger partial charge in [0.25, 0.3) is 0 Å². The molecular formula is C16H18FNO. The van der Waals surface area contributed by atoms with E-state index in [2.05, 4.69) is 19.2 Å². The Hall–Kier alpha value is -2.03. The summed E-state index contributed by atoms with van der Waals surface area (Å²) in [5, 5.41) is 3.31. The molecule has 0 spiro atoms. The van der Waals surface area contributed by atoms with Crippen LogP contribution in [0.3, 0.4) is 0 Å². The smallest absolute Gasteiger partial charge is 0.123 e. The number of anilines is 1. The monoisotopic (exact) mass is 259 g/mol. The van der Waals surface area contributed by atoms with Gasteiger partial charge in [-0.25, -0.2) is 4.39 Å². The number of benzene rings is 2.